The summed E-state index contributed by atoms with van der Waals surface area (Å²) in [6.07, 6.45) is 0.962. The van der Waals surface area contributed by atoms with Crippen LogP contribution in [0.1, 0.15) is 31.0 Å². The minimum atomic E-state index is -0.161. The van der Waals surface area contributed by atoms with E-state index in [9.17, 15) is 4.39 Å². The first-order valence-electron chi connectivity index (χ1n) is 6.28. The lowest BCUT2D eigenvalue weighted by Gasteiger charge is -2.20. The van der Waals surface area contributed by atoms with Crippen LogP contribution in [-0.2, 0) is 6.42 Å². The predicted molar refractivity (Wildman–Crippen MR) is 83.1 cm³/mol. The Balaban J connectivity index is 2.00. The van der Waals surface area contributed by atoms with E-state index in [0.717, 1.165) is 10.9 Å². The third-order valence-corrected chi connectivity index (χ3v) is 4.31. The summed E-state index contributed by atoms with van der Waals surface area (Å²) < 4.78 is 14.7. The lowest BCUT2D eigenvalue weighted by molar-refractivity contribution is 0.460. The van der Waals surface area contributed by atoms with Crippen LogP contribution in [0.5, 0.6) is 0 Å². The fourth-order valence-corrected chi connectivity index (χ4v) is 3.24. The number of rotatable bonds is 5. The molecular formula is C15H17BrFNS. The average Bonchev–Trinajstić information content (AvgIpc) is 2.84. The van der Waals surface area contributed by atoms with E-state index in [1.165, 1.54) is 11.6 Å². The van der Waals surface area contributed by atoms with Crippen molar-refractivity contribution in [2.75, 3.05) is 0 Å². The standard InChI is InChI=1S/C15H17BrFNS/c1-10(7-12-5-6-19-9-12)18-11(2)14-8-13(16)3-4-15(14)17/h3-6,8-11,18H,7H2,1-2H3. The first-order valence-corrected chi connectivity index (χ1v) is 8.02. The molecule has 4 heteroatoms. The monoisotopic (exact) mass is 341 g/mol. The molecule has 0 saturated carbocycles. The van der Waals surface area contributed by atoms with Gasteiger partial charge in [-0.05, 0) is 60.9 Å². The van der Waals surface area contributed by atoms with Gasteiger partial charge in [0, 0.05) is 22.1 Å². The second kappa shape index (κ2) is 6.64. The Morgan fingerprint density at radius 3 is 2.79 bits per heavy atom. The number of hydrogen-bond acceptors (Lipinski definition) is 2. The Labute approximate surface area is 126 Å². The molecule has 0 aliphatic rings. The molecule has 2 atom stereocenters. The maximum Gasteiger partial charge on any atom is 0.128 e. The number of thiophene rings is 1. The second-order valence-electron chi connectivity index (χ2n) is 4.79. The SMILES string of the molecule is CC(Cc1ccsc1)NC(C)c1cc(Br)ccc1F. The van der Waals surface area contributed by atoms with Crippen molar-refractivity contribution in [3.8, 4) is 0 Å². The Hall–Kier alpha value is -0.710. The third-order valence-electron chi connectivity index (χ3n) is 3.08. The van der Waals surface area contributed by atoms with Gasteiger partial charge in [-0.25, -0.2) is 4.39 Å². The average molecular weight is 342 g/mol. The van der Waals surface area contributed by atoms with Gasteiger partial charge in [-0.1, -0.05) is 15.9 Å². The van der Waals surface area contributed by atoms with E-state index in [0.29, 0.717) is 11.6 Å². The van der Waals surface area contributed by atoms with Crippen LogP contribution in [0, 0.1) is 5.82 Å². The Morgan fingerprint density at radius 1 is 1.32 bits per heavy atom. The van der Waals surface area contributed by atoms with E-state index in [4.69, 9.17) is 0 Å². The molecule has 0 saturated heterocycles. The van der Waals surface area contributed by atoms with E-state index < -0.39 is 0 Å². The summed E-state index contributed by atoms with van der Waals surface area (Å²) in [5.74, 6) is -0.161. The Kier molecular flexibility index (Phi) is 5.13. The van der Waals surface area contributed by atoms with E-state index >= 15 is 0 Å². The van der Waals surface area contributed by atoms with Gasteiger partial charge in [0.2, 0.25) is 0 Å². The van der Waals surface area contributed by atoms with Gasteiger partial charge in [0.1, 0.15) is 5.82 Å². The van der Waals surface area contributed by atoms with Crippen LogP contribution in [0.25, 0.3) is 0 Å². The van der Waals surface area contributed by atoms with Crippen LogP contribution in [0.15, 0.2) is 39.5 Å². The van der Waals surface area contributed by atoms with Crippen molar-refractivity contribution in [2.24, 2.45) is 0 Å². The van der Waals surface area contributed by atoms with Crippen LogP contribution < -0.4 is 5.32 Å². The van der Waals surface area contributed by atoms with E-state index in [1.54, 1.807) is 17.4 Å². The van der Waals surface area contributed by atoms with Crippen molar-refractivity contribution >= 4 is 27.3 Å². The maximum absolute atomic E-state index is 13.8. The summed E-state index contributed by atoms with van der Waals surface area (Å²) in [5, 5.41) is 7.68. The zero-order valence-corrected chi connectivity index (χ0v) is 13.4. The second-order valence-corrected chi connectivity index (χ2v) is 6.49. The summed E-state index contributed by atoms with van der Waals surface area (Å²) in [6, 6.07) is 7.49. The molecule has 1 nitrogen and oxygen atoms in total. The van der Waals surface area contributed by atoms with Gasteiger partial charge >= 0.3 is 0 Å². The largest absolute Gasteiger partial charge is 0.307 e. The Bertz CT molecular complexity index is 527. The lowest BCUT2D eigenvalue weighted by atomic mass is 10.0. The van der Waals surface area contributed by atoms with Gasteiger partial charge in [0.05, 0.1) is 0 Å². The van der Waals surface area contributed by atoms with E-state index in [-0.39, 0.29) is 11.9 Å². The summed E-state index contributed by atoms with van der Waals surface area (Å²) in [5.41, 5.74) is 2.03. The summed E-state index contributed by atoms with van der Waals surface area (Å²) in [4.78, 5) is 0. The fourth-order valence-electron chi connectivity index (χ4n) is 2.18. The molecule has 2 unspecified atom stereocenters. The summed E-state index contributed by atoms with van der Waals surface area (Å²) in [7, 11) is 0. The topological polar surface area (TPSA) is 12.0 Å². The van der Waals surface area contributed by atoms with Crippen molar-refractivity contribution in [1.82, 2.24) is 5.32 Å². The van der Waals surface area contributed by atoms with Gasteiger partial charge in [-0.3, -0.25) is 0 Å². The van der Waals surface area contributed by atoms with Gasteiger partial charge in [0.15, 0.2) is 0 Å². The molecule has 102 valence electrons. The van der Waals surface area contributed by atoms with Crippen molar-refractivity contribution in [2.45, 2.75) is 32.4 Å². The van der Waals surface area contributed by atoms with Gasteiger partial charge in [0.25, 0.3) is 0 Å². The molecule has 0 bridgehead atoms. The molecule has 1 aromatic heterocycles. The minimum absolute atomic E-state index is 0.00821. The first kappa shape index (κ1) is 14.7. The first-order chi connectivity index (χ1) is 9.06. The van der Waals surface area contributed by atoms with Gasteiger partial charge < -0.3 is 5.32 Å². The molecule has 1 heterocycles. The molecule has 1 aromatic carbocycles. The van der Waals surface area contributed by atoms with Crippen LogP contribution in [-0.4, -0.2) is 6.04 Å². The van der Waals surface area contributed by atoms with Crippen molar-refractivity contribution < 1.29 is 4.39 Å². The fraction of sp³-hybridized carbons (Fsp3) is 0.333. The molecule has 2 rings (SSSR count). The highest BCUT2D eigenvalue weighted by Gasteiger charge is 2.14. The molecular weight excluding hydrogens is 325 g/mol. The van der Waals surface area contributed by atoms with Crippen LogP contribution >= 0.6 is 27.3 Å². The molecule has 2 aromatic rings. The predicted octanol–water partition coefficient (Wildman–Crippen LogP) is 4.93. The zero-order valence-electron chi connectivity index (χ0n) is 11.0. The Morgan fingerprint density at radius 2 is 2.11 bits per heavy atom. The maximum atomic E-state index is 13.8. The number of halogens is 2. The van der Waals surface area contributed by atoms with Crippen molar-refractivity contribution in [3.63, 3.8) is 0 Å². The molecule has 0 aliphatic heterocycles. The van der Waals surface area contributed by atoms with E-state index in [2.05, 4.69) is 45.0 Å². The highest BCUT2D eigenvalue weighted by atomic mass is 79.9. The third kappa shape index (κ3) is 4.13. The van der Waals surface area contributed by atoms with Crippen LogP contribution in [0.4, 0.5) is 4.39 Å². The molecule has 1 N–H and O–H groups in total. The van der Waals surface area contributed by atoms with Gasteiger partial charge in [-0.15, -0.1) is 0 Å². The molecule has 19 heavy (non-hydrogen) atoms. The molecule has 0 aliphatic carbocycles. The molecule has 0 radical (unpaired) electrons. The van der Waals surface area contributed by atoms with Crippen LogP contribution in [0.2, 0.25) is 0 Å². The number of hydrogen-bond donors (Lipinski definition) is 1. The molecule has 0 spiro atoms. The lowest BCUT2D eigenvalue weighted by Crippen LogP contribution is -2.31. The smallest absolute Gasteiger partial charge is 0.128 e. The molecule has 0 amide bonds. The van der Waals surface area contributed by atoms with E-state index in [1.807, 2.05) is 13.0 Å². The summed E-state index contributed by atoms with van der Waals surface area (Å²) in [6.45, 7) is 4.12. The highest BCUT2D eigenvalue weighted by molar-refractivity contribution is 9.10. The van der Waals surface area contributed by atoms with Crippen LogP contribution in [0.3, 0.4) is 0 Å². The minimum Gasteiger partial charge on any atom is -0.307 e. The van der Waals surface area contributed by atoms with Gasteiger partial charge in [-0.2, -0.15) is 11.3 Å². The summed E-state index contributed by atoms with van der Waals surface area (Å²) >= 11 is 5.09. The zero-order chi connectivity index (χ0) is 13.8. The number of benzene rings is 1. The normalized spacial score (nSPS) is 14.3. The molecule has 0 fully saturated rings. The number of nitrogens with one attached hydrogen (secondary N) is 1. The van der Waals surface area contributed by atoms with Crippen molar-refractivity contribution in [3.05, 3.63) is 56.4 Å². The highest BCUT2D eigenvalue weighted by Crippen LogP contribution is 2.22. The quantitative estimate of drug-likeness (QED) is 0.812. The van der Waals surface area contributed by atoms with Crippen molar-refractivity contribution in [1.29, 1.82) is 0 Å².